The Kier molecular flexibility index (Phi) is 8.17. The number of nitrogens with one attached hydrogen (secondary N) is 2. The number of piperidine rings is 1. The molecule has 5 heteroatoms. The van der Waals surface area contributed by atoms with Crippen molar-refractivity contribution in [1.29, 1.82) is 0 Å². The highest BCUT2D eigenvalue weighted by molar-refractivity contribution is 5.79. The quantitative estimate of drug-likeness (QED) is 0.387. The molecule has 0 amide bonds. The number of hydrogen-bond donors (Lipinski definition) is 2. The monoisotopic (exact) mass is 324 g/mol. The van der Waals surface area contributed by atoms with Gasteiger partial charge in [0.2, 0.25) is 0 Å². The van der Waals surface area contributed by atoms with Crippen molar-refractivity contribution in [3.63, 3.8) is 0 Å². The third-order valence-corrected chi connectivity index (χ3v) is 4.87. The maximum atomic E-state index is 5.66. The Morgan fingerprint density at radius 3 is 2.74 bits per heavy atom. The van der Waals surface area contributed by atoms with Gasteiger partial charge in [-0.05, 0) is 64.3 Å². The van der Waals surface area contributed by atoms with E-state index in [1.165, 1.54) is 38.8 Å². The van der Waals surface area contributed by atoms with Gasteiger partial charge < -0.3 is 20.3 Å². The van der Waals surface area contributed by atoms with Crippen LogP contribution in [0.25, 0.3) is 0 Å². The molecule has 0 aromatic rings. The van der Waals surface area contributed by atoms with Crippen LogP contribution in [0, 0.1) is 11.8 Å². The third-order valence-electron chi connectivity index (χ3n) is 4.87. The van der Waals surface area contributed by atoms with Gasteiger partial charge in [0.1, 0.15) is 0 Å². The van der Waals surface area contributed by atoms with Crippen molar-refractivity contribution in [1.82, 2.24) is 15.5 Å². The number of likely N-dealkylation sites (tertiary alicyclic amines) is 1. The summed E-state index contributed by atoms with van der Waals surface area (Å²) in [6, 6.07) is 0.658. The van der Waals surface area contributed by atoms with Gasteiger partial charge in [-0.25, -0.2) is 0 Å². The first-order valence-corrected chi connectivity index (χ1v) is 9.45. The van der Waals surface area contributed by atoms with Crippen LogP contribution in [0.15, 0.2) is 4.99 Å². The summed E-state index contributed by atoms with van der Waals surface area (Å²) in [5.41, 5.74) is 0. The maximum absolute atomic E-state index is 5.66. The van der Waals surface area contributed by atoms with Crippen molar-refractivity contribution in [2.75, 3.05) is 46.4 Å². The Morgan fingerprint density at radius 2 is 2.04 bits per heavy atom. The van der Waals surface area contributed by atoms with Crippen molar-refractivity contribution >= 4 is 5.96 Å². The number of hydrogen-bond acceptors (Lipinski definition) is 3. The lowest BCUT2D eigenvalue weighted by Crippen LogP contribution is -2.46. The second-order valence-electron chi connectivity index (χ2n) is 7.35. The molecule has 2 N–H and O–H groups in total. The van der Waals surface area contributed by atoms with Crippen LogP contribution < -0.4 is 10.6 Å². The second kappa shape index (κ2) is 10.1. The predicted octanol–water partition coefficient (Wildman–Crippen LogP) is 2.09. The summed E-state index contributed by atoms with van der Waals surface area (Å²) in [5.74, 6) is 2.51. The smallest absolute Gasteiger partial charge is 0.190 e. The first-order valence-electron chi connectivity index (χ1n) is 9.45. The Morgan fingerprint density at radius 1 is 1.22 bits per heavy atom. The summed E-state index contributed by atoms with van der Waals surface area (Å²) in [6.45, 7) is 10.8. The van der Waals surface area contributed by atoms with Crippen molar-refractivity contribution in [3.05, 3.63) is 0 Å². The van der Waals surface area contributed by atoms with Gasteiger partial charge in [0, 0.05) is 45.9 Å². The molecular weight excluding hydrogens is 288 g/mol. The molecule has 5 nitrogen and oxygen atoms in total. The van der Waals surface area contributed by atoms with Gasteiger partial charge in [0.25, 0.3) is 0 Å². The number of ether oxygens (including phenoxy) is 1. The third kappa shape index (κ3) is 7.53. The van der Waals surface area contributed by atoms with Crippen molar-refractivity contribution in [2.45, 2.75) is 52.0 Å². The number of aliphatic imine (C=N–C) groups is 1. The van der Waals surface area contributed by atoms with E-state index in [0.717, 1.165) is 50.5 Å². The van der Waals surface area contributed by atoms with E-state index in [0.29, 0.717) is 6.04 Å². The minimum Gasteiger partial charge on any atom is -0.381 e. The highest BCUT2D eigenvalue weighted by Crippen LogP contribution is 2.28. The molecule has 2 fully saturated rings. The van der Waals surface area contributed by atoms with Gasteiger partial charge in [-0.15, -0.1) is 0 Å². The second-order valence-corrected chi connectivity index (χ2v) is 7.35. The predicted molar refractivity (Wildman–Crippen MR) is 97.0 cm³/mol. The zero-order chi connectivity index (χ0) is 16.5. The van der Waals surface area contributed by atoms with E-state index in [-0.39, 0.29) is 0 Å². The van der Waals surface area contributed by atoms with Crippen LogP contribution in [0.3, 0.4) is 0 Å². The van der Waals surface area contributed by atoms with E-state index in [2.05, 4.69) is 34.4 Å². The SMILES string of the molecule is CN=C(NCCCOCC1CC1)NCC1CCCN(C(C)C)C1. The van der Waals surface area contributed by atoms with E-state index >= 15 is 0 Å². The van der Waals surface area contributed by atoms with E-state index < -0.39 is 0 Å². The van der Waals surface area contributed by atoms with E-state index in [9.17, 15) is 0 Å². The molecule has 1 saturated heterocycles. The molecule has 0 radical (unpaired) electrons. The highest BCUT2D eigenvalue weighted by atomic mass is 16.5. The van der Waals surface area contributed by atoms with E-state index in [4.69, 9.17) is 4.74 Å². The summed E-state index contributed by atoms with van der Waals surface area (Å²) < 4.78 is 5.66. The molecule has 1 atom stereocenters. The lowest BCUT2D eigenvalue weighted by molar-refractivity contribution is 0.123. The number of guanidine groups is 1. The zero-order valence-electron chi connectivity index (χ0n) is 15.3. The van der Waals surface area contributed by atoms with Crippen molar-refractivity contribution in [2.24, 2.45) is 16.8 Å². The molecule has 0 spiro atoms. The average molecular weight is 325 g/mol. The molecule has 23 heavy (non-hydrogen) atoms. The average Bonchev–Trinajstić information content (AvgIpc) is 3.38. The van der Waals surface area contributed by atoms with Gasteiger partial charge >= 0.3 is 0 Å². The Balaban J connectivity index is 1.53. The minimum absolute atomic E-state index is 0.658. The molecule has 1 heterocycles. The molecule has 0 aromatic carbocycles. The Labute approximate surface area is 142 Å². The number of nitrogens with zero attached hydrogens (tertiary/aromatic N) is 2. The summed E-state index contributed by atoms with van der Waals surface area (Å²) in [7, 11) is 1.85. The summed E-state index contributed by atoms with van der Waals surface area (Å²) in [4.78, 5) is 6.91. The van der Waals surface area contributed by atoms with Crippen LogP contribution >= 0.6 is 0 Å². The van der Waals surface area contributed by atoms with Gasteiger partial charge in [-0.2, -0.15) is 0 Å². The maximum Gasteiger partial charge on any atom is 0.190 e. The van der Waals surface area contributed by atoms with Gasteiger partial charge in [0.15, 0.2) is 5.96 Å². The molecule has 0 aromatic heterocycles. The molecule has 1 unspecified atom stereocenters. The fraction of sp³-hybridized carbons (Fsp3) is 0.944. The largest absolute Gasteiger partial charge is 0.381 e. The lowest BCUT2D eigenvalue weighted by atomic mass is 9.97. The lowest BCUT2D eigenvalue weighted by Gasteiger charge is -2.35. The molecule has 1 saturated carbocycles. The van der Waals surface area contributed by atoms with Crippen molar-refractivity contribution in [3.8, 4) is 0 Å². The van der Waals surface area contributed by atoms with Gasteiger partial charge in [-0.3, -0.25) is 4.99 Å². The minimum atomic E-state index is 0.658. The summed E-state index contributed by atoms with van der Waals surface area (Å²) >= 11 is 0. The summed E-state index contributed by atoms with van der Waals surface area (Å²) in [6.07, 6.45) is 6.41. The topological polar surface area (TPSA) is 48.9 Å². The molecule has 134 valence electrons. The molecule has 0 bridgehead atoms. The zero-order valence-corrected chi connectivity index (χ0v) is 15.3. The Bertz CT molecular complexity index is 355. The van der Waals surface area contributed by atoms with Crippen LogP contribution in [0.5, 0.6) is 0 Å². The van der Waals surface area contributed by atoms with Gasteiger partial charge in [-0.1, -0.05) is 0 Å². The van der Waals surface area contributed by atoms with Crippen LogP contribution in [0.1, 0.15) is 46.0 Å². The Hall–Kier alpha value is -0.810. The highest BCUT2D eigenvalue weighted by Gasteiger charge is 2.22. The molecule has 1 aliphatic heterocycles. The van der Waals surface area contributed by atoms with Crippen LogP contribution in [-0.4, -0.2) is 63.3 Å². The number of rotatable bonds is 9. The normalized spacial score (nSPS) is 23.3. The van der Waals surface area contributed by atoms with Crippen LogP contribution in [-0.2, 0) is 4.74 Å². The van der Waals surface area contributed by atoms with Gasteiger partial charge in [0.05, 0.1) is 0 Å². The summed E-state index contributed by atoms with van der Waals surface area (Å²) in [5, 5.41) is 6.88. The first kappa shape index (κ1) is 18.5. The van der Waals surface area contributed by atoms with Crippen molar-refractivity contribution < 1.29 is 4.74 Å². The molecule has 1 aliphatic carbocycles. The first-order chi connectivity index (χ1) is 11.2. The molecule has 2 aliphatic rings. The molecule has 2 rings (SSSR count). The van der Waals surface area contributed by atoms with E-state index in [1.807, 2.05) is 7.05 Å². The van der Waals surface area contributed by atoms with E-state index in [1.54, 1.807) is 0 Å². The fourth-order valence-corrected chi connectivity index (χ4v) is 3.11. The molecular formula is C18H36N4O. The standard InChI is InChI=1S/C18H36N4O/c1-15(2)22-10-4-6-17(13-22)12-21-18(19-3)20-9-5-11-23-14-16-7-8-16/h15-17H,4-14H2,1-3H3,(H2,19,20,21). The van der Waals surface area contributed by atoms with Crippen LogP contribution in [0.4, 0.5) is 0 Å². The van der Waals surface area contributed by atoms with Crippen LogP contribution in [0.2, 0.25) is 0 Å². The fourth-order valence-electron chi connectivity index (χ4n) is 3.11.